The van der Waals surface area contributed by atoms with Gasteiger partial charge >= 0.3 is 23.8 Å². The number of esters is 2. The summed E-state index contributed by atoms with van der Waals surface area (Å²) in [6, 6.07) is 6.31. The number of anilines is 1. The third kappa shape index (κ3) is 4.54. The predicted octanol–water partition coefficient (Wildman–Crippen LogP) is 1.90. The molecule has 0 fully saturated rings. The van der Waals surface area contributed by atoms with Crippen LogP contribution in [0.1, 0.15) is 43.1 Å². The van der Waals surface area contributed by atoms with E-state index < -0.39 is 23.8 Å². The summed E-state index contributed by atoms with van der Waals surface area (Å²) in [5, 5.41) is 6.50. The van der Waals surface area contributed by atoms with Gasteiger partial charge in [-0.15, -0.1) is 11.3 Å². The topological polar surface area (TPSA) is 123 Å². The Morgan fingerprint density at radius 3 is 2.37 bits per heavy atom. The molecule has 0 spiro atoms. The summed E-state index contributed by atoms with van der Waals surface area (Å²) in [5.74, 6) is -2.94. The van der Waals surface area contributed by atoms with Gasteiger partial charge in [-0.05, 0) is 42.5 Å². The molecule has 2 amide bonds. The van der Waals surface area contributed by atoms with Gasteiger partial charge in [-0.1, -0.05) is 12.1 Å². The van der Waals surface area contributed by atoms with E-state index in [9.17, 15) is 19.2 Å². The van der Waals surface area contributed by atoms with Crippen LogP contribution in [0.25, 0.3) is 0 Å². The van der Waals surface area contributed by atoms with E-state index in [-0.39, 0.29) is 0 Å². The van der Waals surface area contributed by atoms with Crippen molar-refractivity contribution < 1.29 is 28.7 Å². The normalized spacial score (nSPS) is 12.3. The molecule has 1 heterocycles. The summed E-state index contributed by atoms with van der Waals surface area (Å²) in [6.07, 6.45) is 3.82. The van der Waals surface area contributed by atoms with Crippen molar-refractivity contribution >= 4 is 46.3 Å². The van der Waals surface area contributed by atoms with Crippen LogP contribution in [-0.2, 0) is 31.9 Å². The third-order valence-electron chi connectivity index (χ3n) is 4.46. The lowest BCUT2D eigenvalue weighted by Crippen LogP contribution is -2.32. The van der Waals surface area contributed by atoms with Gasteiger partial charge in [0, 0.05) is 4.88 Å². The molecule has 1 aromatic heterocycles. The number of hydrogen-bond acceptors (Lipinski definition) is 8. The molecular weight excluding hydrogens is 410 g/mol. The number of fused-ring (bicyclic) bond motifs is 1. The lowest BCUT2D eigenvalue weighted by atomic mass is 10.1. The van der Waals surface area contributed by atoms with Crippen molar-refractivity contribution in [3.63, 3.8) is 0 Å². The number of rotatable bonds is 5. The number of ether oxygens (including phenoxy) is 2. The van der Waals surface area contributed by atoms with Gasteiger partial charge in [0.1, 0.15) is 5.00 Å². The molecule has 0 aliphatic heterocycles. The van der Waals surface area contributed by atoms with Crippen molar-refractivity contribution in [1.29, 1.82) is 0 Å². The standard InChI is InChI=1S/C20H19N3O6S/c1-28-19(26)12-8-6-11(7-9-12)10-21-23-17(25)16(24)22-18-15(20(27)29-2)13-4-3-5-14(13)30-18/h6-10H,3-5H2,1-2H3,(H,22,24)(H,23,25)/b21-10+. The van der Waals surface area contributed by atoms with Crippen LogP contribution < -0.4 is 10.7 Å². The summed E-state index contributed by atoms with van der Waals surface area (Å²) in [4.78, 5) is 48.8. The minimum Gasteiger partial charge on any atom is -0.465 e. The second kappa shape index (κ2) is 9.31. The molecule has 0 unspecified atom stereocenters. The molecule has 0 bridgehead atoms. The Hall–Kier alpha value is -3.53. The zero-order chi connectivity index (χ0) is 21.7. The van der Waals surface area contributed by atoms with Crippen molar-refractivity contribution in [3.05, 3.63) is 51.4 Å². The lowest BCUT2D eigenvalue weighted by molar-refractivity contribution is -0.136. The monoisotopic (exact) mass is 429 g/mol. The molecule has 3 rings (SSSR count). The number of nitrogens with zero attached hydrogens (tertiary/aromatic N) is 1. The van der Waals surface area contributed by atoms with E-state index in [0.29, 0.717) is 21.7 Å². The highest BCUT2D eigenvalue weighted by Crippen LogP contribution is 2.39. The van der Waals surface area contributed by atoms with E-state index in [1.165, 1.54) is 31.8 Å². The Morgan fingerprint density at radius 2 is 1.70 bits per heavy atom. The van der Waals surface area contributed by atoms with Crippen LogP contribution in [0.15, 0.2) is 29.4 Å². The molecule has 9 nitrogen and oxygen atoms in total. The number of benzene rings is 1. The van der Waals surface area contributed by atoms with Crippen molar-refractivity contribution in [2.45, 2.75) is 19.3 Å². The molecule has 30 heavy (non-hydrogen) atoms. The van der Waals surface area contributed by atoms with Crippen molar-refractivity contribution in [2.24, 2.45) is 5.10 Å². The van der Waals surface area contributed by atoms with Crippen LogP contribution in [0.3, 0.4) is 0 Å². The Balaban J connectivity index is 1.62. The first-order chi connectivity index (χ1) is 14.4. The lowest BCUT2D eigenvalue weighted by Gasteiger charge is -2.06. The Labute approximate surface area is 176 Å². The number of carbonyl (C=O) groups excluding carboxylic acids is 4. The molecule has 0 radical (unpaired) electrons. The Morgan fingerprint density at radius 1 is 1.00 bits per heavy atom. The number of methoxy groups -OCH3 is 2. The zero-order valence-electron chi connectivity index (χ0n) is 16.3. The van der Waals surface area contributed by atoms with E-state index in [0.717, 1.165) is 29.7 Å². The van der Waals surface area contributed by atoms with Gasteiger partial charge in [-0.25, -0.2) is 15.0 Å². The van der Waals surface area contributed by atoms with E-state index in [2.05, 4.69) is 20.6 Å². The first kappa shape index (κ1) is 21.2. The Kier molecular flexibility index (Phi) is 6.58. The maximum atomic E-state index is 12.2. The second-order valence-corrected chi connectivity index (χ2v) is 7.43. The summed E-state index contributed by atoms with van der Waals surface area (Å²) in [6.45, 7) is 0. The smallest absolute Gasteiger partial charge is 0.341 e. The minimum absolute atomic E-state index is 0.300. The molecule has 10 heteroatoms. The van der Waals surface area contributed by atoms with Crippen molar-refractivity contribution in [2.75, 3.05) is 19.5 Å². The molecule has 2 N–H and O–H groups in total. The predicted molar refractivity (Wildman–Crippen MR) is 110 cm³/mol. The molecule has 1 aliphatic rings. The molecule has 156 valence electrons. The maximum Gasteiger partial charge on any atom is 0.341 e. The zero-order valence-corrected chi connectivity index (χ0v) is 17.1. The van der Waals surface area contributed by atoms with Gasteiger partial charge < -0.3 is 14.8 Å². The fourth-order valence-electron chi connectivity index (χ4n) is 3.01. The van der Waals surface area contributed by atoms with Crippen LogP contribution in [0, 0.1) is 0 Å². The fourth-order valence-corrected chi connectivity index (χ4v) is 4.28. The SMILES string of the molecule is COC(=O)c1ccc(/C=N/NC(=O)C(=O)Nc2sc3c(c2C(=O)OC)CCC3)cc1. The fraction of sp³-hybridized carbons (Fsp3) is 0.250. The quantitative estimate of drug-likeness (QED) is 0.324. The second-order valence-electron chi connectivity index (χ2n) is 6.32. The first-order valence-corrected chi connectivity index (χ1v) is 9.81. The largest absolute Gasteiger partial charge is 0.465 e. The number of hydrogen-bond donors (Lipinski definition) is 2. The third-order valence-corrected chi connectivity index (χ3v) is 5.66. The average molecular weight is 429 g/mol. The van der Waals surface area contributed by atoms with Gasteiger partial charge in [0.05, 0.1) is 31.6 Å². The number of nitrogens with one attached hydrogen (secondary N) is 2. The average Bonchev–Trinajstić information content (AvgIpc) is 3.33. The summed E-state index contributed by atoms with van der Waals surface area (Å²) < 4.78 is 9.42. The summed E-state index contributed by atoms with van der Waals surface area (Å²) in [5.41, 5.74) is 4.29. The van der Waals surface area contributed by atoms with Gasteiger partial charge in [-0.3, -0.25) is 9.59 Å². The highest BCUT2D eigenvalue weighted by Gasteiger charge is 2.29. The molecular formula is C20H19N3O6S. The van der Waals surface area contributed by atoms with Crippen molar-refractivity contribution in [3.8, 4) is 0 Å². The molecule has 0 saturated carbocycles. The van der Waals surface area contributed by atoms with Crippen LogP contribution in [0.5, 0.6) is 0 Å². The van der Waals surface area contributed by atoms with E-state index in [1.54, 1.807) is 24.3 Å². The number of amides is 2. The number of carbonyl (C=O) groups is 4. The Bertz CT molecular complexity index is 1030. The first-order valence-electron chi connectivity index (χ1n) is 9.00. The van der Waals surface area contributed by atoms with Crippen LogP contribution >= 0.6 is 11.3 Å². The molecule has 0 atom stereocenters. The van der Waals surface area contributed by atoms with Gasteiger partial charge in [0.25, 0.3) is 0 Å². The molecule has 1 aliphatic carbocycles. The molecule has 0 saturated heterocycles. The van der Waals surface area contributed by atoms with E-state index in [4.69, 9.17) is 4.74 Å². The number of hydrazone groups is 1. The van der Waals surface area contributed by atoms with Gasteiger partial charge in [0.2, 0.25) is 0 Å². The van der Waals surface area contributed by atoms with Crippen LogP contribution in [0.2, 0.25) is 0 Å². The van der Waals surface area contributed by atoms with E-state index >= 15 is 0 Å². The molecule has 2 aromatic rings. The minimum atomic E-state index is -0.984. The van der Waals surface area contributed by atoms with Crippen molar-refractivity contribution in [1.82, 2.24) is 5.43 Å². The van der Waals surface area contributed by atoms with E-state index in [1.807, 2.05) is 0 Å². The highest BCUT2D eigenvalue weighted by molar-refractivity contribution is 7.17. The maximum absolute atomic E-state index is 12.2. The molecule has 1 aromatic carbocycles. The van der Waals surface area contributed by atoms with Gasteiger partial charge in [-0.2, -0.15) is 5.10 Å². The number of thiophene rings is 1. The van der Waals surface area contributed by atoms with Crippen LogP contribution in [0.4, 0.5) is 5.00 Å². The van der Waals surface area contributed by atoms with Gasteiger partial charge in [0.15, 0.2) is 0 Å². The summed E-state index contributed by atoms with van der Waals surface area (Å²) >= 11 is 1.28. The summed E-state index contributed by atoms with van der Waals surface area (Å²) in [7, 11) is 2.56. The number of aryl methyl sites for hydroxylation is 1. The highest BCUT2D eigenvalue weighted by atomic mass is 32.1. The van der Waals surface area contributed by atoms with Crippen LogP contribution in [-0.4, -0.2) is 44.2 Å².